The predicted molar refractivity (Wildman–Crippen MR) is 102 cm³/mol. The molecule has 0 bridgehead atoms. The van der Waals surface area contributed by atoms with Gasteiger partial charge in [-0.05, 0) is 37.3 Å². The van der Waals surface area contributed by atoms with Gasteiger partial charge in [0.2, 0.25) is 10.0 Å². The lowest BCUT2D eigenvalue weighted by atomic mass is 10.2. The Balaban J connectivity index is 2.36. The first kappa shape index (κ1) is 21.0. The molecule has 0 saturated heterocycles. The minimum absolute atomic E-state index is 0.0122. The number of nitrogens with zero attached hydrogens (tertiary/aromatic N) is 2. The smallest absolute Gasteiger partial charge is 0.254 e. The Morgan fingerprint density at radius 2 is 1.81 bits per heavy atom. The standard InChI is InChI=1S/C19H26N2O5S/c1-6-21(7-2)27(23,24)18-12-15(9-11-17(18)25-5)19(22)20(4)13-16-10-8-14(3)26-16/h8-12H,6-7,13H2,1-5H3. The van der Waals surface area contributed by atoms with Gasteiger partial charge in [-0.2, -0.15) is 4.31 Å². The van der Waals surface area contributed by atoms with Crippen LogP contribution in [0.1, 0.15) is 35.7 Å². The van der Waals surface area contributed by atoms with Crippen molar-refractivity contribution in [2.24, 2.45) is 0 Å². The highest BCUT2D eigenvalue weighted by atomic mass is 32.2. The third kappa shape index (κ3) is 4.51. The van der Waals surface area contributed by atoms with E-state index in [4.69, 9.17) is 9.15 Å². The third-order valence-corrected chi connectivity index (χ3v) is 6.34. The number of carbonyl (C=O) groups is 1. The summed E-state index contributed by atoms with van der Waals surface area (Å²) >= 11 is 0. The Morgan fingerprint density at radius 1 is 1.15 bits per heavy atom. The maximum atomic E-state index is 12.9. The zero-order valence-electron chi connectivity index (χ0n) is 16.4. The van der Waals surface area contributed by atoms with E-state index in [1.54, 1.807) is 27.0 Å². The molecule has 0 atom stereocenters. The molecule has 0 unspecified atom stereocenters. The van der Waals surface area contributed by atoms with Gasteiger partial charge in [-0.15, -0.1) is 0 Å². The third-order valence-electron chi connectivity index (χ3n) is 4.27. The van der Waals surface area contributed by atoms with E-state index in [1.807, 2.05) is 19.1 Å². The number of methoxy groups -OCH3 is 1. The maximum absolute atomic E-state index is 12.9. The Kier molecular flexibility index (Phi) is 6.67. The Hall–Kier alpha value is -2.32. The quantitative estimate of drug-likeness (QED) is 0.688. The lowest BCUT2D eigenvalue weighted by molar-refractivity contribution is 0.0774. The maximum Gasteiger partial charge on any atom is 0.254 e. The summed E-state index contributed by atoms with van der Waals surface area (Å²) in [6, 6.07) is 8.08. The molecule has 1 amide bonds. The van der Waals surface area contributed by atoms with E-state index in [-0.39, 0.29) is 28.7 Å². The van der Waals surface area contributed by atoms with Crippen LogP contribution in [0.15, 0.2) is 39.6 Å². The second-order valence-corrected chi connectivity index (χ2v) is 8.03. The molecule has 8 heteroatoms. The van der Waals surface area contributed by atoms with Crippen LogP contribution in [0.2, 0.25) is 0 Å². The van der Waals surface area contributed by atoms with E-state index in [1.165, 1.54) is 28.4 Å². The fourth-order valence-corrected chi connectivity index (χ4v) is 4.45. The van der Waals surface area contributed by atoms with Gasteiger partial charge in [0, 0.05) is 25.7 Å². The van der Waals surface area contributed by atoms with Crippen molar-refractivity contribution in [1.82, 2.24) is 9.21 Å². The molecule has 7 nitrogen and oxygen atoms in total. The van der Waals surface area contributed by atoms with Crippen LogP contribution in [0.3, 0.4) is 0 Å². The highest BCUT2D eigenvalue weighted by Crippen LogP contribution is 2.28. The normalized spacial score (nSPS) is 11.6. The van der Waals surface area contributed by atoms with Crippen LogP contribution in [-0.2, 0) is 16.6 Å². The summed E-state index contributed by atoms with van der Waals surface area (Å²) < 4.78 is 37.9. The fourth-order valence-electron chi connectivity index (χ4n) is 2.81. The minimum atomic E-state index is -3.76. The van der Waals surface area contributed by atoms with Crippen molar-refractivity contribution in [2.75, 3.05) is 27.2 Å². The summed E-state index contributed by atoms with van der Waals surface area (Å²) in [4.78, 5) is 14.2. The van der Waals surface area contributed by atoms with Gasteiger partial charge in [0.05, 0.1) is 13.7 Å². The number of sulfonamides is 1. The highest BCUT2D eigenvalue weighted by molar-refractivity contribution is 7.89. The lowest BCUT2D eigenvalue weighted by Crippen LogP contribution is -2.31. The first-order valence-electron chi connectivity index (χ1n) is 8.73. The molecule has 27 heavy (non-hydrogen) atoms. The molecule has 0 radical (unpaired) electrons. The van der Waals surface area contributed by atoms with Gasteiger partial charge < -0.3 is 14.1 Å². The van der Waals surface area contributed by atoms with Gasteiger partial charge in [0.1, 0.15) is 22.2 Å². The number of aryl methyl sites for hydroxylation is 1. The van der Waals surface area contributed by atoms with Gasteiger partial charge >= 0.3 is 0 Å². The van der Waals surface area contributed by atoms with Crippen molar-refractivity contribution in [3.05, 3.63) is 47.4 Å². The van der Waals surface area contributed by atoms with E-state index < -0.39 is 10.0 Å². The van der Waals surface area contributed by atoms with Crippen LogP contribution < -0.4 is 4.74 Å². The van der Waals surface area contributed by atoms with E-state index in [0.29, 0.717) is 18.8 Å². The molecule has 1 aromatic carbocycles. The number of benzene rings is 1. The molecule has 2 aromatic rings. The zero-order valence-corrected chi connectivity index (χ0v) is 17.2. The van der Waals surface area contributed by atoms with Crippen molar-refractivity contribution in [1.29, 1.82) is 0 Å². The summed E-state index contributed by atoms with van der Waals surface area (Å²) in [5, 5.41) is 0. The summed E-state index contributed by atoms with van der Waals surface area (Å²) in [6.45, 7) is 6.31. The number of ether oxygens (including phenoxy) is 1. The van der Waals surface area contributed by atoms with Gasteiger partial charge in [0.15, 0.2) is 0 Å². The summed E-state index contributed by atoms with van der Waals surface area (Å²) in [5.74, 6) is 1.33. The first-order chi connectivity index (χ1) is 12.7. The highest BCUT2D eigenvalue weighted by Gasteiger charge is 2.27. The number of hydrogen-bond acceptors (Lipinski definition) is 5. The second-order valence-electron chi connectivity index (χ2n) is 6.13. The molecule has 1 aromatic heterocycles. The van der Waals surface area contributed by atoms with Gasteiger partial charge in [-0.3, -0.25) is 4.79 Å². The number of carbonyl (C=O) groups excluding carboxylic acids is 1. The Bertz CT molecular complexity index is 901. The van der Waals surface area contributed by atoms with Crippen LogP contribution in [0.25, 0.3) is 0 Å². The summed E-state index contributed by atoms with van der Waals surface area (Å²) in [5.41, 5.74) is 0.271. The van der Waals surface area contributed by atoms with E-state index >= 15 is 0 Å². The number of furan rings is 1. The Labute approximate surface area is 160 Å². The predicted octanol–water partition coefficient (Wildman–Crippen LogP) is 2.90. The average Bonchev–Trinajstić information content (AvgIpc) is 3.05. The van der Waals surface area contributed by atoms with E-state index in [0.717, 1.165) is 5.76 Å². The van der Waals surface area contributed by atoms with Crippen molar-refractivity contribution in [3.8, 4) is 5.75 Å². The monoisotopic (exact) mass is 394 g/mol. The number of hydrogen-bond donors (Lipinski definition) is 0. The minimum Gasteiger partial charge on any atom is -0.495 e. The summed E-state index contributed by atoms with van der Waals surface area (Å²) in [6.07, 6.45) is 0. The number of rotatable bonds is 8. The van der Waals surface area contributed by atoms with Crippen LogP contribution in [-0.4, -0.2) is 50.8 Å². The van der Waals surface area contributed by atoms with E-state index in [2.05, 4.69) is 0 Å². The molecule has 0 spiro atoms. The molecule has 0 fully saturated rings. The number of amides is 1. The van der Waals surface area contributed by atoms with Crippen LogP contribution in [0.4, 0.5) is 0 Å². The lowest BCUT2D eigenvalue weighted by Gasteiger charge is -2.21. The van der Waals surface area contributed by atoms with Crippen LogP contribution in [0, 0.1) is 6.92 Å². The van der Waals surface area contributed by atoms with Crippen molar-refractivity contribution in [2.45, 2.75) is 32.2 Å². The molecule has 0 aliphatic heterocycles. The van der Waals surface area contributed by atoms with Crippen molar-refractivity contribution < 1.29 is 22.4 Å². The molecule has 148 valence electrons. The molecular weight excluding hydrogens is 368 g/mol. The molecule has 2 rings (SSSR count). The van der Waals surface area contributed by atoms with E-state index in [9.17, 15) is 13.2 Å². The largest absolute Gasteiger partial charge is 0.495 e. The molecule has 0 aliphatic carbocycles. The van der Waals surface area contributed by atoms with Gasteiger partial charge in [-0.1, -0.05) is 13.8 Å². The molecule has 0 saturated carbocycles. The van der Waals surface area contributed by atoms with Gasteiger partial charge in [-0.25, -0.2) is 8.42 Å². The Morgan fingerprint density at radius 3 is 2.33 bits per heavy atom. The second kappa shape index (κ2) is 8.58. The van der Waals surface area contributed by atoms with Gasteiger partial charge in [0.25, 0.3) is 5.91 Å². The summed E-state index contributed by atoms with van der Waals surface area (Å²) in [7, 11) is -0.714. The molecule has 1 heterocycles. The fraction of sp³-hybridized carbons (Fsp3) is 0.421. The molecule has 0 aliphatic rings. The SMILES string of the molecule is CCN(CC)S(=O)(=O)c1cc(C(=O)N(C)Cc2ccc(C)o2)ccc1OC. The zero-order chi connectivity index (χ0) is 20.2. The van der Waals surface area contributed by atoms with Crippen LogP contribution in [0.5, 0.6) is 5.75 Å². The topological polar surface area (TPSA) is 80.1 Å². The molecular formula is C19H26N2O5S. The average molecular weight is 394 g/mol. The van der Waals surface area contributed by atoms with Crippen molar-refractivity contribution >= 4 is 15.9 Å². The molecule has 0 N–H and O–H groups in total. The van der Waals surface area contributed by atoms with Crippen LogP contribution >= 0.6 is 0 Å². The first-order valence-corrected chi connectivity index (χ1v) is 10.2. The van der Waals surface area contributed by atoms with Crippen molar-refractivity contribution in [3.63, 3.8) is 0 Å².